The summed E-state index contributed by atoms with van der Waals surface area (Å²) in [6.45, 7) is 2.46. The van der Waals surface area contributed by atoms with E-state index in [0.29, 0.717) is 5.56 Å². The summed E-state index contributed by atoms with van der Waals surface area (Å²) in [6, 6.07) is 14.0. The van der Waals surface area contributed by atoms with Gasteiger partial charge in [0.05, 0.1) is 0 Å². The predicted octanol–water partition coefficient (Wildman–Crippen LogP) is 4.84. The largest absolute Gasteiger partial charge is 0.313 e. The van der Waals surface area contributed by atoms with Crippen LogP contribution in [-0.4, -0.2) is 29.0 Å². The minimum atomic E-state index is 0.0323. The van der Waals surface area contributed by atoms with Crippen molar-refractivity contribution in [2.24, 2.45) is 0 Å². The summed E-state index contributed by atoms with van der Waals surface area (Å²) in [5.41, 5.74) is 5.00. The van der Waals surface area contributed by atoms with E-state index in [9.17, 15) is 4.79 Å². The standard InChI is InChI=1S/C25H28N4O/c30-25(20-10-14-26-15-11-20)29-16-5-3-1-2-4-12-27-19-23-17-21(8-9-24(23)29)22-7-6-13-28-18-22/h6-11,13-15,17-18,27H,1-5,12,16,19H2. The quantitative estimate of drug-likeness (QED) is 0.668. The number of carbonyl (C=O) groups excluding carboxylic acids is 1. The highest BCUT2D eigenvalue weighted by Crippen LogP contribution is 2.29. The molecule has 0 fully saturated rings. The monoisotopic (exact) mass is 400 g/mol. The summed E-state index contributed by atoms with van der Waals surface area (Å²) >= 11 is 0. The number of carbonyl (C=O) groups is 1. The van der Waals surface area contributed by atoms with Crippen molar-refractivity contribution < 1.29 is 4.79 Å². The number of amides is 1. The molecule has 0 aliphatic carbocycles. The molecule has 1 aliphatic heterocycles. The Morgan fingerprint density at radius 3 is 2.53 bits per heavy atom. The predicted molar refractivity (Wildman–Crippen MR) is 120 cm³/mol. The average Bonchev–Trinajstić information content (AvgIpc) is 2.80. The lowest BCUT2D eigenvalue weighted by atomic mass is 10.0. The van der Waals surface area contributed by atoms with Crippen molar-refractivity contribution in [1.82, 2.24) is 15.3 Å². The Kier molecular flexibility index (Phi) is 6.83. The van der Waals surface area contributed by atoms with Crippen molar-refractivity contribution in [1.29, 1.82) is 0 Å². The number of fused-ring (bicyclic) bond motifs is 1. The van der Waals surface area contributed by atoms with E-state index in [2.05, 4.69) is 39.6 Å². The Morgan fingerprint density at radius 1 is 0.867 bits per heavy atom. The van der Waals surface area contributed by atoms with Crippen molar-refractivity contribution in [3.63, 3.8) is 0 Å². The van der Waals surface area contributed by atoms with E-state index in [0.717, 1.165) is 54.9 Å². The molecule has 0 radical (unpaired) electrons. The van der Waals surface area contributed by atoms with Crippen molar-refractivity contribution in [2.75, 3.05) is 18.0 Å². The van der Waals surface area contributed by atoms with Gasteiger partial charge in [-0.2, -0.15) is 0 Å². The van der Waals surface area contributed by atoms with E-state index < -0.39 is 0 Å². The number of aromatic nitrogens is 2. The SMILES string of the molecule is O=C(c1ccncc1)N1CCCCCCCNCc2cc(-c3cccnc3)ccc21. The summed E-state index contributed by atoms with van der Waals surface area (Å²) in [6.07, 6.45) is 12.8. The van der Waals surface area contributed by atoms with Gasteiger partial charge in [-0.25, -0.2) is 0 Å². The van der Waals surface area contributed by atoms with Crippen LogP contribution in [0.2, 0.25) is 0 Å². The number of hydrogen-bond donors (Lipinski definition) is 1. The van der Waals surface area contributed by atoms with Gasteiger partial charge in [-0.1, -0.05) is 31.4 Å². The van der Waals surface area contributed by atoms with Crippen LogP contribution in [0.3, 0.4) is 0 Å². The molecule has 0 saturated heterocycles. The van der Waals surface area contributed by atoms with Gasteiger partial charge in [-0.15, -0.1) is 0 Å². The van der Waals surface area contributed by atoms with E-state index >= 15 is 0 Å². The summed E-state index contributed by atoms with van der Waals surface area (Å²) in [7, 11) is 0. The molecule has 0 bridgehead atoms. The summed E-state index contributed by atoms with van der Waals surface area (Å²) < 4.78 is 0. The molecule has 0 atom stereocenters. The van der Waals surface area contributed by atoms with E-state index in [-0.39, 0.29) is 5.91 Å². The zero-order chi connectivity index (χ0) is 20.6. The van der Waals surface area contributed by atoms with E-state index in [1.54, 1.807) is 30.7 Å². The van der Waals surface area contributed by atoms with Crippen LogP contribution in [0.15, 0.2) is 67.3 Å². The molecule has 3 heterocycles. The fraction of sp³-hybridized carbons (Fsp3) is 0.320. The van der Waals surface area contributed by atoms with Crippen LogP contribution < -0.4 is 10.2 Å². The van der Waals surface area contributed by atoms with Crippen LogP contribution in [-0.2, 0) is 6.54 Å². The van der Waals surface area contributed by atoms with Gasteiger partial charge in [0, 0.05) is 49.1 Å². The highest BCUT2D eigenvalue weighted by molar-refractivity contribution is 6.06. The second-order valence-electron chi connectivity index (χ2n) is 7.72. The van der Waals surface area contributed by atoms with Crippen LogP contribution in [0.4, 0.5) is 5.69 Å². The minimum absolute atomic E-state index is 0.0323. The van der Waals surface area contributed by atoms with Crippen LogP contribution >= 0.6 is 0 Å². The van der Waals surface area contributed by atoms with Gasteiger partial charge < -0.3 is 10.2 Å². The minimum Gasteiger partial charge on any atom is -0.313 e. The topological polar surface area (TPSA) is 58.1 Å². The lowest BCUT2D eigenvalue weighted by Crippen LogP contribution is -2.33. The number of nitrogens with one attached hydrogen (secondary N) is 1. The zero-order valence-corrected chi connectivity index (χ0v) is 17.3. The summed E-state index contributed by atoms with van der Waals surface area (Å²) in [4.78, 5) is 23.7. The Morgan fingerprint density at radius 2 is 1.70 bits per heavy atom. The molecule has 154 valence electrons. The summed E-state index contributed by atoms with van der Waals surface area (Å²) in [5.74, 6) is 0.0323. The lowest BCUT2D eigenvalue weighted by Gasteiger charge is -2.27. The number of hydrogen-bond acceptors (Lipinski definition) is 4. The molecule has 0 unspecified atom stereocenters. The van der Waals surface area contributed by atoms with Crippen molar-refractivity contribution in [2.45, 2.75) is 38.6 Å². The van der Waals surface area contributed by atoms with E-state index in [1.807, 2.05) is 17.2 Å². The van der Waals surface area contributed by atoms with Crippen molar-refractivity contribution >= 4 is 11.6 Å². The van der Waals surface area contributed by atoms with Gasteiger partial charge in [0.1, 0.15) is 0 Å². The number of nitrogens with zero attached hydrogens (tertiary/aromatic N) is 3. The van der Waals surface area contributed by atoms with Gasteiger partial charge >= 0.3 is 0 Å². The molecule has 30 heavy (non-hydrogen) atoms. The molecule has 2 aromatic heterocycles. The normalized spacial score (nSPS) is 15.5. The molecular weight excluding hydrogens is 372 g/mol. The van der Waals surface area contributed by atoms with Crippen LogP contribution in [0.1, 0.15) is 48.0 Å². The number of rotatable bonds is 2. The molecule has 1 N–H and O–H groups in total. The Hall–Kier alpha value is -3.05. The van der Waals surface area contributed by atoms with Crippen LogP contribution in [0.5, 0.6) is 0 Å². The highest BCUT2D eigenvalue weighted by Gasteiger charge is 2.21. The number of anilines is 1. The molecule has 4 rings (SSSR count). The second-order valence-corrected chi connectivity index (χ2v) is 7.72. The Labute approximate surface area is 178 Å². The highest BCUT2D eigenvalue weighted by atomic mass is 16.2. The molecular formula is C25H28N4O. The molecule has 5 heteroatoms. The third-order valence-electron chi connectivity index (χ3n) is 5.59. The smallest absolute Gasteiger partial charge is 0.258 e. The number of benzene rings is 1. The molecule has 5 nitrogen and oxygen atoms in total. The first kappa shape index (κ1) is 20.2. The zero-order valence-electron chi connectivity index (χ0n) is 17.3. The van der Waals surface area contributed by atoms with Gasteiger partial charge in [0.15, 0.2) is 0 Å². The maximum absolute atomic E-state index is 13.4. The molecule has 1 amide bonds. The van der Waals surface area contributed by atoms with Gasteiger partial charge in [0.25, 0.3) is 5.91 Å². The molecule has 0 spiro atoms. The van der Waals surface area contributed by atoms with Gasteiger partial charge in [0.2, 0.25) is 0 Å². The first-order valence-electron chi connectivity index (χ1n) is 10.8. The first-order chi connectivity index (χ1) is 14.8. The Balaban J connectivity index is 1.73. The maximum atomic E-state index is 13.4. The van der Waals surface area contributed by atoms with Crippen LogP contribution in [0, 0.1) is 0 Å². The molecule has 3 aromatic rings. The Bertz CT molecular complexity index is 959. The molecule has 1 aromatic carbocycles. The average molecular weight is 401 g/mol. The summed E-state index contributed by atoms with van der Waals surface area (Å²) in [5, 5.41) is 3.57. The second kappa shape index (κ2) is 10.1. The van der Waals surface area contributed by atoms with Crippen molar-refractivity contribution in [3.8, 4) is 11.1 Å². The first-order valence-corrected chi connectivity index (χ1v) is 10.8. The molecule has 1 aliphatic rings. The van der Waals surface area contributed by atoms with Crippen LogP contribution in [0.25, 0.3) is 11.1 Å². The van der Waals surface area contributed by atoms with E-state index in [1.165, 1.54) is 19.3 Å². The molecule has 0 saturated carbocycles. The van der Waals surface area contributed by atoms with Gasteiger partial charge in [-0.3, -0.25) is 14.8 Å². The van der Waals surface area contributed by atoms with Gasteiger partial charge in [-0.05, 0) is 66.4 Å². The maximum Gasteiger partial charge on any atom is 0.258 e. The van der Waals surface area contributed by atoms with Crippen molar-refractivity contribution in [3.05, 3.63) is 78.4 Å². The third-order valence-corrected chi connectivity index (χ3v) is 5.59. The van der Waals surface area contributed by atoms with E-state index in [4.69, 9.17) is 0 Å². The fourth-order valence-corrected chi connectivity index (χ4v) is 3.96. The lowest BCUT2D eigenvalue weighted by molar-refractivity contribution is 0.0986. The third kappa shape index (κ3) is 4.92. The number of pyridine rings is 2. The fourth-order valence-electron chi connectivity index (χ4n) is 3.96.